The Kier molecular flexibility index (Phi) is 5.31. The molecule has 17 heavy (non-hydrogen) atoms. The van der Waals surface area contributed by atoms with Crippen LogP contribution in [0.15, 0.2) is 18.2 Å². The monoisotopic (exact) mass is 233 g/mol. The van der Waals surface area contributed by atoms with Crippen LogP contribution in [0, 0.1) is 11.3 Å². The summed E-state index contributed by atoms with van der Waals surface area (Å²) >= 11 is 0. The summed E-state index contributed by atoms with van der Waals surface area (Å²) in [6, 6.07) is 7.89. The Labute approximate surface area is 103 Å². The van der Waals surface area contributed by atoms with Crippen LogP contribution in [0.5, 0.6) is 0 Å². The molecule has 0 spiro atoms. The van der Waals surface area contributed by atoms with Crippen molar-refractivity contribution in [3.63, 3.8) is 0 Å². The third-order valence-electron chi connectivity index (χ3n) is 2.61. The van der Waals surface area contributed by atoms with Crippen molar-refractivity contribution < 1.29 is 4.74 Å². The molecule has 0 unspecified atom stereocenters. The van der Waals surface area contributed by atoms with Gasteiger partial charge in [-0.1, -0.05) is 0 Å². The lowest BCUT2D eigenvalue weighted by Gasteiger charge is -2.20. The van der Waals surface area contributed by atoms with Gasteiger partial charge in [0.15, 0.2) is 0 Å². The lowest BCUT2D eigenvalue weighted by Crippen LogP contribution is -2.22. The predicted molar refractivity (Wildman–Crippen MR) is 69.9 cm³/mol. The van der Waals surface area contributed by atoms with Crippen molar-refractivity contribution in [1.82, 2.24) is 0 Å². The summed E-state index contributed by atoms with van der Waals surface area (Å²) in [4.78, 5) is 2.09. The topological polar surface area (TPSA) is 62.3 Å². The van der Waals surface area contributed by atoms with E-state index in [0.29, 0.717) is 18.7 Å². The Bertz CT molecular complexity index is 398. The second-order valence-corrected chi connectivity index (χ2v) is 3.84. The van der Waals surface area contributed by atoms with Crippen LogP contribution in [0.25, 0.3) is 0 Å². The molecule has 0 aromatic heterocycles. The molecule has 0 aliphatic rings. The van der Waals surface area contributed by atoms with E-state index in [1.54, 1.807) is 0 Å². The minimum absolute atomic E-state index is 0.346. The molecule has 0 radical (unpaired) electrons. The van der Waals surface area contributed by atoms with Crippen LogP contribution in [0.4, 0.5) is 11.4 Å². The summed E-state index contributed by atoms with van der Waals surface area (Å²) in [6.07, 6.45) is 0.346. The molecule has 0 aliphatic carbocycles. The third-order valence-corrected chi connectivity index (χ3v) is 2.61. The molecule has 0 fully saturated rings. The fraction of sp³-hybridized carbons (Fsp3) is 0.462. The minimum Gasteiger partial charge on any atom is -0.398 e. The van der Waals surface area contributed by atoms with Crippen LogP contribution < -0.4 is 10.6 Å². The van der Waals surface area contributed by atoms with Crippen molar-refractivity contribution in [1.29, 1.82) is 5.26 Å². The zero-order valence-corrected chi connectivity index (χ0v) is 10.4. The van der Waals surface area contributed by atoms with Crippen LogP contribution in [-0.2, 0) is 11.2 Å². The summed E-state index contributed by atoms with van der Waals surface area (Å²) in [5.74, 6) is 0. The summed E-state index contributed by atoms with van der Waals surface area (Å²) in [6.45, 7) is 4.23. The number of rotatable bonds is 6. The van der Waals surface area contributed by atoms with Crippen molar-refractivity contribution in [2.24, 2.45) is 0 Å². The van der Waals surface area contributed by atoms with Gasteiger partial charge in [0.2, 0.25) is 0 Å². The second kappa shape index (κ2) is 6.77. The SMILES string of the molecule is CCOCCN(C)c1ccc(N)c(CC#N)c1. The van der Waals surface area contributed by atoms with E-state index in [-0.39, 0.29) is 0 Å². The first-order chi connectivity index (χ1) is 8.19. The highest BCUT2D eigenvalue weighted by Crippen LogP contribution is 2.20. The summed E-state index contributed by atoms with van der Waals surface area (Å²) in [7, 11) is 2.00. The molecule has 1 rings (SSSR count). The van der Waals surface area contributed by atoms with Gasteiger partial charge in [-0.15, -0.1) is 0 Å². The van der Waals surface area contributed by atoms with Crippen LogP contribution in [0.2, 0.25) is 0 Å². The van der Waals surface area contributed by atoms with Crippen LogP contribution in [0.1, 0.15) is 12.5 Å². The Morgan fingerprint density at radius 2 is 2.24 bits per heavy atom. The second-order valence-electron chi connectivity index (χ2n) is 3.84. The van der Waals surface area contributed by atoms with E-state index in [2.05, 4.69) is 11.0 Å². The van der Waals surface area contributed by atoms with Gasteiger partial charge in [-0.2, -0.15) is 5.26 Å². The smallest absolute Gasteiger partial charge is 0.0670 e. The number of anilines is 2. The van der Waals surface area contributed by atoms with E-state index in [1.807, 2.05) is 32.2 Å². The molecule has 0 amide bonds. The van der Waals surface area contributed by atoms with Gasteiger partial charge in [0.1, 0.15) is 0 Å². The van der Waals surface area contributed by atoms with E-state index in [0.717, 1.165) is 24.4 Å². The van der Waals surface area contributed by atoms with E-state index < -0.39 is 0 Å². The van der Waals surface area contributed by atoms with Gasteiger partial charge < -0.3 is 15.4 Å². The number of benzene rings is 1. The molecule has 0 aliphatic heterocycles. The van der Waals surface area contributed by atoms with Crippen molar-refractivity contribution in [2.75, 3.05) is 37.4 Å². The molecule has 0 saturated heterocycles. The average Bonchev–Trinajstić information content (AvgIpc) is 2.32. The summed E-state index contributed by atoms with van der Waals surface area (Å²) in [5.41, 5.74) is 8.42. The maximum Gasteiger partial charge on any atom is 0.0670 e. The van der Waals surface area contributed by atoms with E-state index >= 15 is 0 Å². The number of hydrogen-bond donors (Lipinski definition) is 1. The van der Waals surface area contributed by atoms with Gasteiger partial charge in [0, 0.05) is 31.6 Å². The average molecular weight is 233 g/mol. The maximum absolute atomic E-state index is 8.71. The molecule has 0 saturated carbocycles. The normalized spacial score (nSPS) is 9.94. The number of nitrogen functional groups attached to an aromatic ring is 1. The highest BCUT2D eigenvalue weighted by Gasteiger charge is 2.04. The Morgan fingerprint density at radius 1 is 1.47 bits per heavy atom. The molecule has 0 bridgehead atoms. The molecular weight excluding hydrogens is 214 g/mol. The zero-order chi connectivity index (χ0) is 12.7. The first kappa shape index (κ1) is 13.3. The van der Waals surface area contributed by atoms with Gasteiger partial charge in [0.05, 0.1) is 19.1 Å². The van der Waals surface area contributed by atoms with Gasteiger partial charge >= 0.3 is 0 Å². The predicted octanol–water partition coefficient (Wildman–Crippen LogP) is 1.81. The van der Waals surface area contributed by atoms with Gasteiger partial charge in [-0.3, -0.25) is 0 Å². The molecule has 1 aromatic rings. The van der Waals surface area contributed by atoms with Crippen molar-refractivity contribution in [2.45, 2.75) is 13.3 Å². The molecule has 1 aromatic carbocycles. The van der Waals surface area contributed by atoms with Crippen molar-refractivity contribution in [3.8, 4) is 6.07 Å². The van der Waals surface area contributed by atoms with E-state index in [1.165, 1.54) is 0 Å². The van der Waals surface area contributed by atoms with E-state index in [4.69, 9.17) is 15.7 Å². The first-order valence-corrected chi connectivity index (χ1v) is 5.73. The van der Waals surface area contributed by atoms with Gasteiger partial charge in [0.25, 0.3) is 0 Å². The number of hydrogen-bond acceptors (Lipinski definition) is 4. The largest absolute Gasteiger partial charge is 0.398 e. The molecule has 0 heterocycles. The minimum atomic E-state index is 0.346. The molecule has 0 atom stereocenters. The Hall–Kier alpha value is -1.73. The Morgan fingerprint density at radius 3 is 2.88 bits per heavy atom. The standard InChI is InChI=1S/C13H19N3O/c1-3-17-9-8-16(2)12-4-5-13(15)11(10-12)6-7-14/h4-5,10H,3,6,8-9,15H2,1-2H3. The lowest BCUT2D eigenvalue weighted by molar-refractivity contribution is 0.154. The van der Waals surface area contributed by atoms with Crippen LogP contribution in [0.3, 0.4) is 0 Å². The van der Waals surface area contributed by atoms with E-state index in [9.17, 15) is 0 Å². The number of nitrogens with two attached hydrogens (primary N) is 1. The highest BCUT2D eigenvalue weighted by atomic mass is 16.5. The summed E-state index contributed by atoms with van der Waals surface area (Å²) in [5, 5.41) is 8.71. The molecule has 4 heteroatoms. The van der Waals surface area contributed by atoms with Gasteiger partial charge in [-0.05, 0) is 30.7 Å². The van der Waals surface area contributed by atoms with Crippen molar-refractivity contribution >= 4 is 11.4 Å². The molecular formula is C13H19N3O. The highest BCUT2D eigenvalue weighted by molar-refractivity contribution is 5.58. The molecule has 92 valence electrons. The van der Waals surface area contributed by atoms with Crippen molar-refractivity contribution in [3.05, 3.63) is 23.8 Å². The number of nitriles is 1. The summed E-state index contributed by atoms with van der Waals surface area (Å²) < 4.78 is 5.31. The van der Waals surface area contributed by atoms with Crippen LogP contribution >= 0.6 is 0 Å². The fourth-order valence-corrected chi connectivity index (χ4v) is 1.54. The lowest BCUT2D eigenvalue weighted by atomic mass is 10.1. The number of likely N-dealkylation sites (N-methyl/N-ethyl adjacent to an activating group) is 1. The Balaban J connectivity index is 2.70. The quantitative estimate of drug-likeness (QED) is 0.601. The molecule has 2 N–H and O–H groups in total. The van der Waals surface area contributed by atoms with Crippen LogP contribution in [-0.4, -0.2) is 26.8 Å². The third kappa shape index (κ3) is 3.97. The number of ether oxygens (including phenoxy) is 1. The maximum atomic E-state index is 8.71. The first-order valence-electron chi connectivity index (χ1n) is 5.73. The van der Waals surface area contributed by atoms with Gasteiger partial charge in [-0.25, -0.2) is 0 Å². The zero-order valence-electron chi connectivity index (χ0n) is 10.4. The fourth-order valence-electron chi connectivity index (χ4n) is 1.54. The number of nitrogens with zero attached hydrogens (tertiary/aromatic N) is 2. The molecule has 4 nitrogen and oxygen atoms in total.